The highest BCUT2D eigenvalue weighted by atomic mass is 28.4. The van der Waals surface area contributed by atoms with E-state index in [-0.39, 0.29) is 35.2 Å². The number of hydrogen-bond donors (Lipinski definition) is 0. The second-order valence-electron chi connectivity index (χ2n) is 14.6. The van der Waals surface area contributed by atoms with E-state index in [1.54, 1.807) is 0 Å². The predicted molar refractivity (Wildman–Crippen MR) is 179 cm³/mol. The second-order valence-corrected chi connectivity index (χ2v) is 19.3. The van der Waals surface area contributed by atoms with Gasteiger partial charge in [0.25, 0.3) is 0 Å². The van der Waals surface area contributed by atoms with Crippen LogP contribution in [0.25, 0.3) is 0 Å². The molecule has 5 rings (SSSR count). The number of hydrogen-bond acceptors (Lipinski definition) is 5. The minimum absolute atomic E-state index is 0.0456. The number of benzene rings is 2. The monoisotopic (exact) mass is 618 g/mol. The third-order valence-electron chi connectivity index (χ3n) is 10.3. The standard InChI is InChI=1S/C38H54O5Si/c1-7-8-17-29(42-35-20-12-13-23-40-35)21-22-31-33(39)25-28-24-32-30(37(36(28)31)43-44(5,6)38(2,3)4)18-14-19-34(32)41-26-27-15-10-9-11-16-27/h9-11,14-16,18-19,28-29,35,37H,7-8,12-13,17,20-26H2,1-6H3/t28-,29-,35?,37+/m0/s1. The Hall–Kier alpha value is -2.25. The summed E-state index contributed by atoms with van der Waals surface area (Å²) >= 11 is 0. The van der Waals surface area contributed by atoms with E-state index in [1.807, 2.05) is 18.2 Å². The van der Waals surface area contributed by atoms with Crippen LogP contribution in [0.1, 0.15) is 108 Å². The molecule has 0 N–H and O–H groups in total. The van der Waals surface area contributed by atoms with E-state index in [2.05, 4.69) is 71.1 Å². The number of Topliss-reactive ketones (excluding diaryl/α,β-unsaturated/α-hetero) is 1. The van der Waals surface area contributed by atoms with E-state index in [0.29, 0.717) is 13.0 Å². The van der Waals surface area contributed by atoms with Gasteiger partial charge in [-0.15, -0.1) is 0 Å². The summed E-state index contributed by atoms with van der Waals surface area (Å²) in [4.78, 5) is 13.8. The van der Waals surface area contributed by atoms with Gasteiger partial charge in [-0.1, -0.05) is 83.0 Å². The molecular weight excluding hydrogens is 564 g/mol. The number of allylic oxidation sites excluding steroid dienone is 1. The fraction of sp³-hybridized carbons (Fsp3) is 0.605. The van der Waals surface area contributed by atoms with Crippen molar-refractivity contribution in [2.24, 2.45) is 5.92 Å². The van der Waals surface area contributed by atoms with Crippen molar-refractivity contribution in [1.82, 2.24) is 0 Å². The summed E-state index contributed by atoms with van der Waals surface area (Å²) in [5, 5.41) is 0.0456. The molecule has 0 spiro atoms. The number of ether oxygens (including phenoxy) is 3. The minimum Gasteiger partial charge on any atom is -0.489 e. The molecule has 240 valence electrons. The van der Waals surface area contributed by atoms with Crippen molar-refractivity contribution in [3.05, 3.63) is 76.4 Å². The first kappa shape index (κ1) is 33.1. The van der Waals surface area contributed by atoms with Crippen molar-refractivity contribution in [2.45, 2.75) is 135 Å². The van der Waals surface area contributed by atoms with Crippen molar-refractivity contribution < 1.29 is 23.4 Å². The van der Waals surface area contributed by atoms with Crippen LogP contribution in [-0.4, -0.2) is 33.1 Å². The molecule has 1 heterocycles. The summed E-state index contributed by atoms with van der Waals surface area (Å²) < 4.78 is 26.2. The van der Waals surface area contributed by atoms with Crippen molar-refractivity contribution in [1.29, 1.82) is 0 Å². The van der Waals surface area contributed by atoms with Gasteiger partial charge in [0, 0.05) is 18.6 Å². The molecule has 0 aromatic heterocycles. The van der Waals surface area contributed by atoms with Gasteiger partial charge < -0.3 is 18.6 Å². The molecule has 5 nitrogen and oxygen atoms in total. The molecule has 6 heteroatoms. The summed E-state index contributed by atoms with van der Waals surface area (Å²) in [6.45, 7) is 15.0. The number of carbonyl (C=O) groups excluding carboxylic acids is 1. The van der Waals surface area contributed by atoms with Gasteiger partial charge in [0.1, 0.15) is 12.4 Å². The highest BCUT2D eigenvalue weighted by molar-refractivity contribution is 6.74. The molecular formula is C38H54O5Si. The molecule has 2 aliphatic carbocycles. The number of fused-ring (bicyclic) bond motifs is 2. The highest BCUT2D eigenvalue weighted by Crippen LogP contribution is 2.53. The van der Waals surface area contributed by atoms with Gasteiger partial charge in [-0.2, -0.15) is 0 Å². The van der Waals surface area contributed by atoms with Crippen LogP contribution in [0.4, 0.5) is 0 Å². The molecule has 0 saturated carbocycles. The third kappa shape index (κ3) is 7.75. The van der Waals surface area contributed by atoms with E-state index in [4.69, 9.17) is 18.6 Å². The third-order valence-corrected chi connectivity index (χ3v) is 14.7. The van der Waals surface area contributed by atoms with E-state index in [1.165, 1.54) is 16.7 Å². The van der Waals surface area contributed by atoms with E-state index in [9.17, 15) is 4.79 Å². The molecule has 0 amide bonds. The van der Waals surface area contributed by atoms with Gasteiger partial charge in [-0.3, -0.25) is 4.79 Å². The Morgan fingerprint density at radius 2 is 1.80 bits per heavy atom. The van der Waals surface area contributed by atoms with Crippen LogP contribution in [0.3, 0.4) is 0 Å². The molecule has 2 aromatic rings. The maximum Gasteiger partial charge on any atom is 0.193 e. The lowest BCUT2D eigenvalue weighted by molar-refractivity contribution is -0.190. The molecule has 2 aromatic carbocycles. The quantitative estimate of drug-likeness (QED) is 0.209. The summed E-state index contributed by atoms with van der Waals surface area (Å²) in [6, 6.07) is 16.7. The van der Waals surface area contributed by atoms with Crippen molar-refractivity contribution >= 4 is 14.1 Å². The Morgan fingerprint density at radius 3 is 2.50 bits per heavy atom. The van der Waals surface area contributed by atoms with Crippen LogP contribution in [0.5, 0.6) is 5.75 Å². The topological polar surface area (TPSA) is 54.0 Å². The molecule has 1 unspecified atom stereocenters. The lowest BCUT2D eigenvalue weighted by atomic mass is 9.78. The first-order valence-electron chi connectivity index (χ1n) is 17.1. The first-order valence-corrected chi connectivity index (χ1v) is 20.0. The zero-order chi connectivity index (χ0) is 31.3. The van der Waals surface area contributed by atoms with Gasteiger partial charge in [-0.25, -0.2) is 0 Å². The summed E-state index contributed by atoms with van der Waals surface area (Å²) in [7, 11) is -2.18. The average Bonchev–Trinajstić information content (AvgIpc) is 3.32. The van der Waals surface area contributed by atoms with Crippen LogP contribution in [0.15, 0.2) is 59.7 Å². The fourth-order valence-electron chi connectivity index (χ4n) is 6.68. The molecule has 44 heavy (non-hydrogen) atoms. The summed E-state index contributed by atoms with van der Waals surface area (Å²) in [5.74, 6) is 1.35. The van der Waals surface area contributed by atoms with E-state index < -0.39 is 8.32 Å². The zero-order valence-electron chi connectivity index (χ0n) is 28.0. The SMILES string of the molecule is CCCC[C@@H](CCC1=C2[C@H](CC1=O)Cc1c(OCc3ccccc3)cccc1[C@H]2O[Si](C)(C)C(C)(C)C)OC1CCCCO1. The largest absolute Gasteiger partial charge is 0.489 e. The number of ketones is 1. The lowest BCUT2D eigenvalue weighted by Crippen LogP contribution is -2.43. The van der Waals surface area contributed by atoms with Crippen molar-refractivity contribution in [3.63, 3.8) is 0 Å². The van der Waals surface area contributed by atoms with Gasteiger partial charge in [0.15, 0.2) is 20.4 Å². The maximum atomic E-state index is 13.8. The number of carbonyl (C=O) groups is 1. The normalized spacial score (nSPS) is 23.0. The average molecular weight is 619 g/mol. The smallest absolute Gasteiger partial charge is 0.193 e. The van der Waals surface area contributed by atoms with Crippen LogP contribution in [0.2, 0.25) is 18.1 Å². The Kier molecular flexibility index (Phi) is 10.9. The minimum atomic E-state index is -2.18. The van der Waals surface area contributed by atoms with Gasteiger partial charge in [0.2, 0.25) is 0 Å². The Morgan fingerprint density at radius 1 is 1.00 bits per heavy atom. The molecule has 0 bridgehead atoms. The van der Waals surface area contributed by atoms with E-state index in [0.717, 1.165) is 81.3 Å². The maximum absolute atomic E-state index is 13.8. The fourth-order valence-corrected chi connectivity index (χ4v) is 7.88. The first-order chi connectivity index (χ1) is 21.1. The van der Waals surface area contributed by atoms with Crippen molar-refractivity contribution in [3.8, 4) is 5.75 Å². The Labute approximate surface area is 266 Å². The highest BCUT2D eigenvalue weighted by Gasteiger charge is 2.47. The molecule has 1 saturated heterocycles. The summed E-state index contributed by atoms with van der Waals surface area (Å²) in [5.41, 5.74) is 5.75. The lowest BCUT2D eigenvalue weighted by Gasteiger charge is -2.43. The number of rotatable bonds is 13. The van der Waals surface area contributed by atoms with Crippen LogP contribution >= 0.6 is 0 Å². The molecule has 1 aliphatic heterocycles. The molecule has 4 atom stereocenters. The van der Waals surface area contributed by atoms with Gasteiger partial charge >= 0.3 is 0 Å². The molecule has 0 radical (unpaired) electrons. The Bertz CT molecular complexity index is 1290. The molecule has 1 fully saturated rings. The van der Waals surface area contributed by atoms with Crippen molar-refractivity contribution in [2.75, 3.05) is 6.61 Å². The van der Waals surface area contributed by atoms with Crippen LogP contribution in [0, 0.1) is 5.92 Å². The molecule has 3 aliphatic rings. The second kappa shape index (κ2) is 14.4. The van der Waals surface area contributed by atoms with E-state index >= 15 is 0 Å². The van der Waals surface area contributed by atoms with Crippen LogP contribution < -0.4 is 4.74 Å². The van der Waals surface area contributed by atoms with Gasteiger partial charge in [-0.05, 0) is 97.3 Å². The van der Waals surface area contributed by atoms with Crippen LogP contribution in [-0.2, 0) is 31.7 Å². The number of unbranched alkanes of at least 4 members (excludes halogenated alkanes) is 1. The zero-order valence-corrected chi connectivity index (χ0v) is 29.0. The summed E-state index contributed by atoms with van der Waals surface area (Å²) in [6.07, 6.45) is 9.22. The van der Waals surface area contributed by atoms with Gasteiger partial charge in [0.05, 0.1) is 12.2 Å². The predicted octanol–water partition coefficient (Wildman–Crippen LogP) is 9.65. The Balaban J connectivity index is 1.46.